The van der Waals surface area contributed by atoms with Crippen LogP contribution in [0.5, 0.6) is 5.75 Å². The summed E-state index contributed by atoms with van der Waals surface area (Å²) >= 11 is 0. The zero-order valence-corrected chi connectivity index (χ0v) is 14.5. The van der Waals surface area contributed by atoms with E-state index in [4.69, 9.17) is 9.15 Å². The van der Waals surface area contributed by atoms with Crippen LogP contribution in [0, 0.1) is 11.2 Å². The molecule has 1 saturated heterocycles. The first-order valence-electron chi connectivity index (χ1n) is 8.32. The number of hydrogen-bond donors (Lipinski definition) is 0. The molecule has 24 heavy (non-hydrogen) atoms. The van der Waals surface area contributed by atoms with E-state index in [2.05, 4.69) is 35.9 Å². The van der Waals surface area contributed by atoms with Gasteiger partial charge in [-0.1, -0.05) is 20.8 Å². The molecule has 1 atom stereocenters. The Morgan fingerprint density at radius 3 is 2.71 bits per heavy atom. The summed E-state index contributed by atoms with van der Waals surface area (Å²) in [4.78, 5) is 2.45. The van der Waals surface area contributed by atoms with Crippen molar-refractivity contribution in [2.45, 2.75) is 39.7 Å². The number of ether oxygens (including phenoxy) is 1. The lowest BCUT2D eigenvalue weighted by molar-refractivity contribution is 0.221. The maximum atomic E-state index is 12.9. The molecule has 1 aromatic carbocycles. The lowest BCUT2D eigenvalue weighted by Crippen LogP contribution is -2.30. The first kappa shape index (κ1) is 16.9. The fourth-order valence-electron chi connectivity index (χ4n) is 3.01. The highest BCUT2D eigenvalue weighted by atomic mass is 19.1. The number of nitrogens with zero attached hydrogens (tertiary/aromatic N) is 3. The van der Waals surface area contributed by atoms with Crippen LogP contribution >= 0.6 is 0 Å². The number of rotatable bonds is 5. The molecule has 0 aliphatic carbocycles. The van der Waals surface area contributed by atoms with Gasteiger partial charge in [0, 0.05) is 13.1 Å². The fourth-order valence-corrected chi connectivity index (χ4v) is 3.01. The van der Waals surface area contributed by atoms with Gasteiger partial charge in [0.1, 0.15) is 11.6 Å². The Balaban J connectivity index is 1.53. The molecule has 1 aromatic heterocycles. The van der Waals surface area contributed by atoms with Gasteiger partial charge in [0.05, 0.1) is 5.92 Å². The predicted molar refractivity (Wildman–Crippen MR) is 88.3 cm³/mol. The van der Waals surface area contributed by atoms with Crippen LogP contribution < -0.4 is 4.74 Å². The average molecular weight is 333 g/mol. The van der Waals surface area contributed by atoms with Crippen molar-refractivity contribution in [2.75, 3.05) is 19.6 Å². The molecule has 0 saturated carbocycles. The second-order valence-corrected chi connectivity index (χ2v) is 7.56. The average Bonchev–Trinajstić information content (AvgIpc) is 3.14. The van der Waals surface area contributed by atoms with Crippen molar-refractivity contribution in [1.29, 1.82) is 0 Å². The molecule has 6 heteroatoms. The van der Waals surface area contributed by atoms with Crippen molar-refractivity contribution >= 4 is 0 Å². The molecule has 3 rings (SSSR count). The van der Waals surface area contributed by atoms with Crippen molar-refractivity contribution in [3.8, 4) is 5.75 Å². The zero-order valence-electron chi connectivity index (χ0n) is 14.5. The van der Waals surface area contributed by atoms with Gasteiger partial charge in [-0.3, -0.25) is 0 Å². The molecule has 130 valence electrons. The largest absolute Gasteiger partial charge is 0.484 e. The standard InChI is InChI=1S/C18H24FN3O2/c1-18(2,3)12-22-9-8-13(10-22)17-21-20-16(24-17)11-23-15-6-4-14(19)5-7-15/h4-7,13H,8-12H2,1-3H3/t13-/m0/s1. The fraction of sp³-hybridized carbons (Fsp3) is 0.556. The van der Waals surface area contributed by atoms with Crippen LogP contribution in [0.3, 0.4) is 0 Å². The highest BCUT2D eigenvalue weighted by Gasteiger charge is 2.30. The normalized spacial score (nSPS) is 18.9. The number of hydrogen-bond acceptors (Lipinski definition) is 5. The molecule has 5 nitrogen and oxygen atoms in total. The van der Waals surface area contributed by atoms with E-state index in [1.165, 1.54) is 12.1 Å². The van der Waals surface area contributed by atoms with E-state index in [1.54, 1.807) is 12.1 Å². The second kappa shape index (κ2) is 6.89. The van der Waals surface area contributed by atoms with Gasteiger partial charge >= 0.3 is 0 Å². The summed E-state index contributed by atoms with van der Waals surface area (Å²) in [5.74, 6) is 1.71. The first-order valence-corrected chi connectivity index (χ1v) is 8.32. The summed E-state index contributed by atoms with van der Waals surface area (Å²) in [5, 5.41) is 8.23. The molecule has 0 amide bonds. The lowest BCUT2D eigenvalue weighted by atomic mass is 9.96. The van der Waals surface area contributed by atoms with E-state index in [0.717, 1.165) is 26.1 Å². The maximum Gasteiger partial charge on any atom is 0.253 e. The van der Waals surface area contributed by atoms with Crippen molar-refractivity contribution < 1.29 is 13.5 Å². The van der Waals surface area contributed by atoms with Crippen LogP contribution in [0.15, 0.2) is 28.7 Å². The Hall–Kier alpha value is -1.95. The SMILES string of the molecule is CC(C)(C)CN1CC[C@H](c2nnc(COc3ccc(F)cc3)o2)C1. The van der Waals surface area contributed by atoms with Crippen molar-refractivity contribution in [3.05, 3.63) is 41.9 Å². The summed E-state index contributed by atoms with van der Waals surface area (Å²) in [6.07, 6.45) is 1.04. The Kier molecular flexibility index (Phi) is 4.85. The molecule has 0 bridgehead atoms. The summed E-state index contributed by atoms with van der Waals surface area (Å²) in [6, 6.07) is 5.87. The van der Waals surface area contributed by atoms with Gasteiger partial charge in [-0.15, -0.1) is 10.2 Å². The Morgan fingerprint density at radius 1 is 1.25 bits per heavy atom. The Bertz CT molecular complexity index is 664. The third-order valence-corrected chi connectivity index (χ3v) is 3.98. The van der Waals surface area contributed by atoms with Crippen LogP contribution in [0.4, 0.5) is 4.39 Å². The van der Waals surface area contributed by atoms with E-state index in [0.29, 0.717) is 23.4 Å². The quantitative estimate of drug-likeness (QED) is 0.836. The van der Waals surface area contributed by atoms with Crippen molar-refractivity contribution in [3.63, 3.8) is 0 Å². The zero-order chi connectivity index (χ0) is 17.2. The van der Waals surface area contributed by atoms with E-state index in [9.17, 15) is 4.39 Å². The van der Waals surface area contributed by atoms with Crippen LogP contribution in [-0.2, 0) is 6.61 Å². The van der Waals surface area contributed by atoms with Crippen molar-refractivity contribution in [1.82, 2.24) is 15.1 Å². The minimum absolute atomic E-state index is 0.192. The monoisotopic (exact) mass is 333 g/mol. The number of halogens is 1. The topological polar surface area (TPSA) is 51.4 Å². The molecule has 1 fully saturated rings. The molecule has 0 unspecified atom stereocenters. The summed E-state index contributed by atoms with van der Waals surface area (Å²) in [6.45, 7) is 10.0. The van der Waals surface area contributed by atoms with Crippen LogP contribution in [0.25, 0.3) is 0 Å². The smallest absolute Gasteiger partial charge is 0.253 e. The van der Waals surface area contributed by atoms with E-state index >= 15 is 0 Å². The molecule has 1 aliphatic heterocycles. The Labute approximate surface area is 141 Å². The third-order valence-electron chi connectivity index (χ3n) is 3.98. The van der Waals surface area contributed by atoms with Gasteiger partial charge in [-0.05, 0) is 42.6 Å². The van der Waals surface area contributed by atoms with E-state index < -0.39 is 0 Å². The molecule has 0 N–H and O–H groups in total. The van der Waals surface area contributed by atoms with Crippen LogP contribution in [0.2, 0.25) is 0 Å². The summed E-state index contributed by atoms with van der Waals surface area (Å²) < 4.78 is 24.1. The number of benzene rings is 1. The predicted octanol–water partition coefficient (Wildman–Crippen LogP) is 3.62. The van der Waals surface area contributed by atoms with E-state index in [1.807, 2.05) is 0 Å². The lowest BCUT2D eigenvalue weighted by Gasteiger charge is -2.25. The minimum Gasteiger partial charge on any atom is -0.484 e. The number of likely N-dealkylation sites (tertiary alicyclic amines) is 1. The highest BCUT2D eigenvalue weighted by Crippen LogP contribution is 2.28. The highest BCUT2D eigenvalue weighted by molar-refractivity contribution is 5.22. The molecular formula is C18H24FN3O2. The van der Waals surface area contributed by atoms with Crippen LogP contribution in [-0.4, -0.2) is 34.7 Å². The van der Waals surface area contributed by atoms with Gasteiger partial charge in [0.15, 0.2) is 6.61 Å². The third kappa shape index (κ3) is 4.54. The molecule has 1 aliphatic rings. The molecule has 2 heterocycles. The summed E-state index contributed by atoms with van der Waals surface area (Å²) in [7, 11) is 0. The van der Waals surface area contributed by atoms with Crippen molar-refractivity contribution in [2.24, 2.45) is 5.41 Å². The van der Waals surface area contributed by atoms with Gasteiger partial charge in [-0.25, -0.2) is 4.39 Å². The number of aromatic nitrogens is 2. The van der Waals surface area contributed by atoms with Gasteiger partial charge in [-0.2, -0.15) is 0 Å². The first-order chi connectivity index (χ1) is 11.4. The maximum absolute atomic E-state index is 12.9. The van der Waals surface area contributed by atoms with Crippen LogP contribution in [0.1, 0.15) is 44.9 Å². The van der Waals surface area contributed by atoms with Gasteiger partial charge in [0.2, 0.25) is 5.89 Å². The minimum atomic E-state index is -0.288. The summed E-state index contributed by atoms with van der Waals surface area (Å²) in [5.41, 5.74) is 0.290. The van der Waals surface area contributed by atoms with Gasteiger partial charge in [0.25, 0.3) is 5.89 Å². The van der Waals surface area contributed by atoms with E-state index in [-0.39, 0.29) is 17.8 Å². The molecule has 0 radical (unpaired) electrons. The Morgan fingerprint density at radius 2 is 2.00 bits per heavy atom. The second-order valence-electron chi connectivity index (χ2n) is 7.56. The molecule has 2 aromatic rings. The molecular weight excluding hydrogens is 309 g/mol. The molecule has 0 spiro atoms. The van der Waals surface area contributed by atoms with Gasteiger partial charge < -0.3 is 14.1 Å².